The van der Waals surface area contributed by atoms with Crippen molar-refractivity contribution < 1.29 is 33.1 Å². The molecule has 0 saturated carbocycles. The van der Waals surface area contributed by atoms with Crippen LogP contribution in [0.1, 0.15) is 22.6 Å². The number of aryl methyl sites for hydroxylation is 2. The van der Waals surface area contributed by atoms with Gasteiger partial charge in [0.1, 0.15) is 29.6 Å². The predicted molar refractivity (Wildman–Crippen MR) is 120 cm³/mol. The maximum atomic E-state index is 12.2. The Kier molecular flexibility index (Phi) is 7.91. The van der Waals surface area contributed by atoms with Crippen molar-refractivity contribution in [3.63, 3.8) is 0 Å². The number of nitrogens with one attached hydrogen (secondary N) is 1. The molecular weight excluding hydrogens is 428 g/mol. The van der Waals surface area contributed by atoms with Crippen molar-refractivity contribution >= 4 is 17.6 Å². The van der Waals surface area contributed by atoms with Crippen molar-refractivity contribution in [2.24, 2.45) is 0 Å². The van der Waals surface area contributed by atoms with E-state index >= 15 is 0 Å². The Balaban J connectivity index is 1.46. The molecule has 1 N–H and O–H groups in total. The quantitative estimate of drug-likeness (QED) is 0.463. The van der Waals surface area contributed by atoms with Gasteiger partial charge in [-0.05, 0) is 43.7 Å². The van der Waals surface area contributed by atoms with Crippen LogP contribution in [-0.4, -0.2) is 37.9 Å². The number of hydrogen-bond donors (Lipinski definition) is 1. The van der Waals surface area contributed by atoms with Crippen molar-refractivity contribution in [3.05, 3.63) is 65.0 Å². The molecule has 0 fully saturated rings. The van der Waals surface area contributed by atoms with Gasteiger partial charge >= 0.3 is 5.97 Å². The van der Waals surface area contributed by atoms with Gasteiger partial charge in [0.25, 0.3) is 5.91 Å². The fourth-order valence-corrected chi connectivity index (χ4v) is 3.03. The zero-order valence-corrected chi connectivity index (χ0v) is 19.0. The standard InChI is InChI=1S/C24H26N2O7/c1-15-20(16(2)33-26-15)13-31-18-7-5-17(6-8-18)11-24(28)32-14-23(27)25-21-12-19(29-3)9-10-22(21)30-4/h5-10,12H,11,13-14H2,1-4H3,(H,25,27). The van der Waals surface area contributed by atoms with Crippen LogP contribution in [0.3, 0.4) is 0 Å². The number of carbonyl (C=O) groups is 2. The summed E-state index contributed by atoms with van der Waals surface area (Å²) in [7, 11) is 3.01. The van der Waals surface area contributed by atoms with Gasteiger partial charge in [0.05, 0.1) is 37.6 Å². The van der Waals surface area contributed by atoms with E-state index in [4.69, 9.17) is 23.5 Å². The lowest BCUT2D eigenvalue weighted by Gasteiger charge is -2.12. The normalized spacial score (nSPS) is 10.4. The van der Waals surface area contributed by atoms with Gasteiger partial charge in [-0.25, -0.2) is 0 Å². The van der Waals surface area contributed by atoms with E-state index < -0.39 is 18.5 Å². The molecule has 2 aromatic carbocycles. The maximum Gasteiger partial charge on any atom is 0.310 e. The lowest BCUT2D eigenvalue weighted by molar-refractivity contribution is -0.146. The molecule has 3 aromatic rings. The van der Waals surface area contributed by atoms with Crippen molar-refractivity contribution in [3.8, 4) is 17.2 Å². The van der Waals surface area contributed by atoms with Gasteiger partial charge in [-0.2, -0.15) is 0 Å². The van der Waals surface area contributed by atoms with Gasteiger partial charge in [-0.1, -0.05) is 17.3 Å². The monoisotopic (exact) mass is 454 g/mol. The Morgan fingerprint density at radius 3 is 2.36 bits per heavy atom. The van der Waals surface area contributed by atoms with Crippen LogP contribution >= 0.6 is 0 Å². The second kappa shape index (κ2) is 11.0. The molecule has 1 amide bonds. The Morgan fingerprint density at radius 2 is 1.73 bits per heavy atom. The number of amides is 1. The van der Waals surface area contributed by atoms with E-state index in [0.717, 1.165) is 22.6 Å². The fraction of sp³-hybridized carbons (Fsp3) is 0.292. The number of ether oxygens (including phenoxy) is 4. The number of esters is 1. The van der Waals surface area contributed by atoms with E-state index in [1.165, 1.54) is 14.2 Å². The van der Waals surface area contributed by atoms with Crippen LogP contribution in [0, 0.1) is 13.8 Å². The van der Waals surface area contributed by atoms with Crippen molar-refractivity contribution in [1.82, 2.24) is 5.16 Å². The van der Waals surface area contributed by atoms with Gasteiger partial charge in [-0.15, -0.1) is 0 Å². The molecular formula is C24H26N2O7. The number of carbonyl (C=O) groups excluding carboxylic acids is 2. The number of benzene rings is 2. The number of methoxy groups -OCH3 is 2. The van der Waals surface area contributed by atoms with Crippen LogP contribution in [0.5, 0.6) is 17.2 Å². The molecule has 33 heavy (non-hydrogen) atoms. The first-order chi connectivity index (χ1) is 15.9. The van der Waals surface area contributed by atoms with E-state index in [2.05, 4.69) is 10.5 Å². The third kappa shape index (κ3) is 6.49. The summed E-state index contributed by atoms with van der Waals surface area (Å²) in [5.74, 6) is 1.39. The molecule has 0 aliphatic rings. The molecule has 174 valence electrons. The average Bonchev–Trinajstić information content (AvgIpc) is 3.14. The summed E-state index contributed by atoms with van der Waals surface area (Å²) in [6.45, 7) is 3.62. The third-order valence-corrected chi connectivity index (χ3v) is 4.88. The van der Waals surface area contributed by atoms with Crippen LogP contribution in [0.2, 0.25) is 0 Å². The SMILES string of the molecule is COc1ccc(OC)c(NC(=O)COC(=O)Cc2ccc(OCc3c(C)noc3C)cc2)c1. The summed E-state index contributed by atoms with van der Waals surface area (Å²) in [6, 6.07) is 12.1. The minimum Gasteiger partial charge on any atom is -0.497 e. The van der Waals surface area contributed by atoms with Crippen molar-refractivity contribution in [2.75, 3.05) is 26.1 Å². The molecule has 0 atom stereocenters. The highest BCUT2D eigenvalue weighted by Gasteiger charge is 2.13. The molecule has 0 aliphatic heterocycles. The number of nitrogens with zero attached hydrogens (tertiary/aromatic N) is 1. The number of rotatable bonds is 10. The van der Waals surface area contributed by atoms with E-state index in [0.29, 0.717) is 29.5 Å². The predicted octanol–water partition coefficient (Wildman–Crippen LogP) is 3.61. The van der Waals surface area contributed by atoms with Crippen LogP contribution in [0.4, 0.5) is 5.69 Å². The summed E-state index contributed by atoms with van der Waals surface area (Å²) < 4.78 is 26.3. The number of aromatic nitrogens is 1. The Hall–Kier alpha value is -4.01. The lowest BCUT2D eigenvalue weighted by Crippen LogP contribution is -2.22. The molecule has 1 heterocycles. The Labute approximate surface area is 191 Å². The van der Waals surface area contributed by atoms with Gasteiger partial charge in [0.2, 0.25) is 0 Å². The third-order valence-electron chi connectivity index (χ3n) is 4.88. The average molecular weight is 454 g/mol. The molecule has 0 saturated heterocycles. The second-order valence-corrected chi connectivity index (χ2v) is 7.19. The highest BCUT2D eigenvalue weighted by atomic mass is 16.5. The smallest absolute Gasteiger partial charge is 0.310 e. The number of anilines is 1. The van der Waals surface area contributed by atoms with E-state index in [1.54, 1.807) is 42.5 Å². The van der Waals surface area contributed by atoms with E-state index in [-0.39, 0.29) is 6.42 Å². The molecule has 1 aromatic heterocycles. The summed E-state index contributed by atoms with van der Waals surface area (Å²) in [5.41, 5.74) is 2.86. The van der Waals surface area contributed by atoms with Crippen LogP contribution < -0.4 is 19.5 Å². The van der Waals surface area contributed by atoms with Crippen LogP contribution in [0.25, 0.3) is 0 Å². The Morgan fingerprint density at radius 1 is 1.00 bits per heavy atom. The molecule has 3 rings (SSSR count). The van der Waals surface area contributed by atoms with E-state index in [1.807, 2.05) is 13.8 Å². The van der Waals surface area contributed by atoms with Crippen LogP contribution in [0.15, 0.2) is 47.0 Å². The first-order valence-electron chi connectivity index (χ1n) is 10.2. The molecule has 0 aliphatic carbocycles. The molecule has 0 radical (unpaired) electrons. The van der Waals surface area contributed by atoms with Gasteiger partial charge in [-0.3, -0.25) is 9.59 Å². The lowest BCUT2D eigenvalue weighted by atomic mass is 10.1. The highest BCUT2D eigenvalue weighted by Crippen LogP contribution is 2.28. The van der Waals surface area contributed by atoms with E-state index in [9.17, 15) is 9.59 Å². The molecule has 0 spiro atoms. The van der Waals surface area contributed by atoms with Gasteiger partial charge in [0, 0.05) is 6.07 Å². The van der Waals surface area contributed by atoms with Crippen LogP contribution in [-0.2, 0) is 27.4 Å². The highest BCUT2D eigenvalue weighted by molar-refractivity contribution is 5.94. The first-order valence-corrected chi connectivity index (χ1v) is 10.2. The fourth-order valence-electron chi connectivity index (χ4n) is 3.03. The van der Waals surface area contributed by atoms with Crippen molar-refractivity contribution in [2.45, 2.75) is 26.9 Å². The molecule has 9 nitrogen and oxygen atoms in total. The second-order valence-electron chi connectivity index (χ2n) is 7.19. The largest absolute Gasteiger partial charge is 0.497 e. The summed E-state index contributed by atoms with van der Waals surface area (Å²) in [5, 5.41) is 6.55. The van der Waals surface area contributed by atoms with Gasteiger partial charge in [0.15, 0.2) is 6.61 Å². The minimum absolute atomic E-state index is 0.0277. The first kappa shape index (κ1) is 23.6. The summed E-state index contributed by atoms with van der Waals surface area (Å²) in [4.78, 5) is 24.3. The molecule has 9 heteroatoms. The molecule has 0 bridgehead atoms. The summed E-state index contributed by atoms with van der Waals surface area (Å²) in [6.07, 6.45) is 0.0277. The molecule has 0 unspecified atom stereocenters. The zero-order chi connectivity index (χ0) is 23.8. The number of hydrogen-bond acceptors (Lipinski definition) is 8. The zero-order valence-electron chi connectivity index (χ0n) is 19.0. The minimum atomic E-state index is -0.521. The summed E-state index contributed by atoms with van der Waals surface area (Å²) >= 11 is 0. The van der Waals surface area contributed by atoms with Crippen molar-refractivity contribution in [1.29, 1.82) is 0 Å². The topological polar surface area (TPSA) is 109 Å². The van der Waals surface area contributed by atoms with Gasteiger partial charge < -0.3 is 28.8 Å². The Bertz CT molecular complexity index is 1090. The maximum absolute atomic E-state index is 12.2.